The zero-order chi connectivity index (χ0) is 27.6. The van der Waals surface area contributed by atoms with Gasteiger partial charge in [-0.3, -0.25) is 14.4 Å². The van der Waals surface area contributed by atoms with Crippen LogP contribution in [0.5, 0.6) is 0 Å². The van der Waals surface area contributed by atoms with Gasteiger partial charge in [0.15, 0.2) is 0 Å². The van der Waals surface area contributed by atoms with Crippen LogP contribution in [0.3, 0.4) is 0 Å². The van der Waals surface area contributed by atoms with Crippen molar-refractivity contribution < 1.29 is 19.1 Å². The van der Waals surface area contributed by atoms with Gasteiger partial charge in [-0.2, -0.15) is 0 Å². The van der Waals surface area contributed by atoms with E-state index in [-0.39, 0.29) is 23.8 Å². The molecule has 1 aliphatic carbocycles. The summed E-state index contributed by atoms with van der Waals surface area (Å²) in [6.45, 7) is 4.18. The number of likely N-dealkylation sites (tertiary alicyclic amines) is 1. The van der Waals surface area contributed by atoms with Gasteiger partial charge in [-0.15, -0.1) is 11.8 Å². The topological polar surface area (TPSA) is 91.0 Å². The lowest BCUT2D eigenvalue weighted by atomic mass is 9.74. The first-order chi connectivity index (χ1) is 18.9. The Bertz CT molecular complexity index is 1110. The first-order valence-electron chi connectivity index (χ1n) is 14.5. The average molecular weight is 555 g/mol. The van der Waals surface area contributed by atoms with Crippen LogP contribution in [0.1, 0.15) is 51.9 Å². The molecule has 4 aliphatic rings. The SMILES string of the molecule is CCCCN(C)CCN1C(=O)[C@@H]2[C@H](C(=O)Nc3cccc(SC)c3)[C@@H]3C=C[C@@]2(O3)[C@H]1C(=O)NC1CCCCC1. The van der Waals surface area contributed by atoms with Gasteiger partial charge < -0.3 is 25.2 Å². The van der Waals surface area contributed by atoms with Gasteiger partial charge in [0.2, 0.25) is 17.7 Å². The molecule has 9 heteroatoms. The maximum Gasteiger partial charge on any atom is 0.246 e. The molecule has 3 heterocycles. The smallest absolute Gasteiger partial charge is 0.246 e. The first kappa shape index (κ1) is 28.2. The molecule has 212 valence electrons. The number of hydrogen-bond acceptors (Lipinski definition) is 6. The lowest BCUT2D eigenvalue weighted by Gasteiger charge is -2.34. The van der Waals surface area contributed by atoms with E-state index in [0.717, 1.165) is 50.0 Å². The lowest BCUT2D eigenvalue weighted by molar-refractivity contribution is -0.141. The van der Waals surface area contributed by atoms with Crippen molar-refractivity contribution in [2.24, 2.45) is 11.8 Å². The van der Waals surface area contributed by atoms with E-state index >= 15 is 0 Å². The van der Waals surface area contributed by atoms with Gasteiger partial charge in [-0.1, -0.05) is 50.8 Å². The molecule has 3 fully saturated rings. The predicted octanol–water partition coefficient (Wildman–Crippen LogP) is 3.68. The van der Waals surface area contributed by atoms with E-state index in [0.29, 0.717) is 18.8 Å². The fourth-order valence-electron chi connectivity index (χ4n) is 6.78. The molecule has 5 atom stereocenters. The standard InChI is InChI=1S/C30H42N4O4S/c1-4-5-16-33(2)17-18-34-26(28(36)31-20-10-7-6-8-11-20)30-15-14-23(38-30)24(25(30)29(34)37)27(35)32-21-12-9-13-22(19-21)39-3/h9,12-15,19-20,23-26H,4-8,10-11,16-18H2,1-3H3,(H,31,36)(H,32,35)/t23-,24+,25-,26+,30-/m0/s1. The van der Waals surface area contributed by atoms with E-state index in [2.05, 4.69) is 22.5 Å². The number of nitrogens with one attached hydrogen (secondary N) is 2. The highest BCUT2D eigenvalue weighted by Gasteiger charge is 2.72. The Morgan fingerprint density at radius 1 is 1.18 bits per heavy atom. The normalized spacial score (nSPS) is 29.7. The first-order valence-corrected chi connectivity index (χ1v) is 15.7. The summed E-state index contributed by atoms with van der Waals surface area (Å²) >= 11 is 1.60. The number of carbonyl (C=O) groups excluding carboxylic acids is 3. The van der Waals surface area contributed by atoms with E-state index in [9.17, 15) is 14.4 Å². The number of unbranched alkanes of at least 4 members (excludes halogenated alkanes) is 1. The molecule has 2 bridgehead atoms. The Morgan fingerprint density at radius 2 is 1.97 bits per heavy atom. The number of thioether (sulfide) groups is 1. The minimum atomic E-state index is -1.12. The largest absolute Gasteiger partial charge is 0.359 e. The summed E-state index contributed by atoms with van der Waals surface area (Å²) in [5.74, 6) is -1.97. The highest BCUT2D eigenvalue weighted by atomic mass is 32.2. The summed E-state index contributed by atoms with van der Waals surface area (Å²) in [6, 6.07) is 7.02. The molecule has 2 N–H and O–H groups in total. The number of carbonyl (C=O) groups is 3. The molecule has 8 nitrogen and oxygen atoms in total. The lowest BCUT2D eigenvalue weighted by Crippen LogP contribution is -2.57. The molecule has 39 heavy (non-hydrogen) atoms. The van der Waals surface area contributed by atoms with Crippen molar-refractivity contribution >= 4 is 35.2 Å². The van der Waals surface area contributed by atoms with Crippen LogP contribution in [0, 0.1) is 11.8 Å². The highest BCUT2D eigenvalue weighted by Crippen LogP contribution is 2.55. The minimum absolute atomic E-state index is 0.122. The highest BCUT2D eigenvalue weighted by molar-refractivity contribution is 7.98. The van der Waals surface area contributed by atoms with E-state index < -0.39 is 29.6 Å². The predicted molar refractivity (Wildman–Crippen MR) is 153 cm³/mol. The van der Waals surface area contributed by atoms with Crippen LogP contribution >= 0.6 is 11.8 Å². The quantitative estimate of drug-likeness (QED) is 0.320. The Kier molecular flexibility index (Phi) is 8.69. The van der Waals surface area contributed by atoms with Crippen molar-refractivity contribution in [1.29, 1.82) is 0 Å². The van der Waals surface area contributed by atoms with Crippen molar-refractivity contribution in [2.45, 2.75) is 80.6 Å². The van der Waals surface area contributed by atoms with Gasteiger partial charge in [-0.05, 0) is 57.3 Å². The zero-order valence-electron chi connectivity index (χ0n) is 23.4. The number of benzene rings is 1. The van der Waals surface area contributed by atoms with Crippen LogP contribution < -0.4 is 10.6 Å². The summed E-state index contributed by atoms with van der Waals surface area (Å²) in [5, 5.41) is 6.28. The van der Waals surface area contributed by atoms with E-state index in [1.54, 1.807) is 16.7 Å². The van der Waals surface area contributed by atoms with Crippen molar-refractivity contribution in [3.05, 3.63) is 36.4 Å². The molecular weight excluding hydrogens is 512 g/mol. The third-order valence-corrected chi connectivity index (χ3v) is 9.56. The third kappa shape index (κ3) is 5.50. The molecule has 0 radical (unpaired) electrons. The number of rotatable bonds is 11. The molecule has 3 aliphatic heterocycles. The molecule has 0 aromatic heterocycles. The monoisotopic (exact) mass is 554 g/mol. The van der Waals surface area contributed by atoms with Crippen LogP contribution in [0.15, 0.2) is 41.3 Å². The fourth-order valence-corrected chi connectivity index (χ4v) is 7.24. The maximum absolute atomic E-state index is 14.1. The van der Waals surface area contributed by atoms with Gasteiger partial charge in [-0.25, -0.2) is 0 Å². The van der Waals surface area contributed by atoms with Gasteiger partial charge in [0.25, 0.3) is 0 Å². The van der Waals surface area contributed by atoms with Crippen LogP contribution in [-0.4, -0.2) is 84.2 Å². The Balaban J connectivity index is 1.40. The van der Waals surface area contributed by atoms with Crippen molar-refractivity contribution in [3.8, 4) is 0 Å². The van der Waals surface area contributed by atoms with Crippen molar-refractivity contribution in [3.63, 3.8) is 0 Å². The minimum Gasteiger partial charge on any atom is -0.359 e. The summed E-state index contributed by atoms with van der Waals surface area (Å²) in [4.78, 5) is 46.6. The van der Waals surface area contributed by atoms with Crippen LogP contribution in [0.2, 0.25) is 0 Å². The average Bonchev–Trinajstić information content (AvgIpc) is 3.58. The van der Waals surface area contributed by atoms with Gasteiger partial charge in [0.05, 0.1) is 17.9 Å². The molecule has 1 aromatic carbocycles. The van der Waals surface area contributed by atoms with Crippen LogP contribution in [0.25, 0.3) is 0 Å². The maximum atomic E-state index is 14.1. The number of nitrogens with zero attached hydrogens (tertiary/aromatic N) is 2. The van der Waals surface area contributed by atoms with Crippen LogP contribution in [-0.2, 0) is 19.1 Å². The van der Waals surface area contributed by atoms with E-state index in [4.69, 9.17) is 4.74 Å². The second-order valence-corrected chi connectivity index (χ2v) is 12.3. The summed E-state index contributed by atoms with van der Waals surface area (Å²) in [7, 11) is 2.05. The second kappa shape index (κ2) is 12.0. The van der Waals surface area contributed by atoms with Crippen LogP contribution in [0.4, 0.5) is 5.69 Å². The molecule has 1 spiro atoms. The number of ether oxygens (including phenoxy) is 1. The number of amides is 3. The molecule has 3 amide bonds. The summed E-state index contributed by atoms with van der Waals surface area (Å²) in [6.07, 6.45) is 12.7. The molecular formula is C30H42N4O4S. The van der Waals surface area contributed by atoms with E-state index in [1.165, 1.54) is 6.42 Å². The molecule has 2 saturated heterocycles. The number of hydrogen-bond donors (Lipinski definition) is 2. The van der Waals surface area contributed by atoms with Gasteiger partial charge in [0, 0.05) is 29.7 Å². The second-order valence-electron chi connectivity index (χ2n) is 11.5. The zero-order valence-corrected chi connectivity index (χ0v) is 24.2. The Morgan fingerprint density at radius 3 is 2.72 bits per heavy atom. The van der Waals surface area contributed by atoms with E-state index in [1.807, 2.05) is 49.7 Å². The number of likely N-dealkylation sites (N-methyl/N-ethyl adjacent to an activating group) is 1. The summed E-state index contributed by atoms with van der Waals surface area (Å²) in [5.41, 5.74) is -0.426. The number of anilines is 1. The van der Waals surface area contributed by atoms with Gasteiger partial charge >= 0.3 is 0 Å². The van der Waals surface area contributed by atoms with Gasteiger partial charge in [0.1, 0.15) is 11.6 Å². The molecule has 1 aromatic rings. The third-order valence-electron chi connectivity index (χ3n) is 8.83. The Hall–Kier alpha value is -2.36. The Labute approximate surface area is 236 Å². The molecule has 0 unspecified atom stereocenters. The van der Waals surface area contributed by atoms with Crippen molar-refractivity contribution in [2.75, 3.05) is 38.3 Å². The molecule has 5 rings (SSSR count). The molecule has 1 saturated carbocycles. The van der Waals surface area contributed by atoms with Crippen molar-refractivity contribution in [1.82, 2.24) is 15.1 Å². The summed E-state index contributed by atoms with van der Waals surface area (Å²) < 4.78 is 6.48. The fraction of sp³-hybridized carbons (Fsp3) is 0.633. The number of fused-ring (bicyclic) bond motifs is 1.